The molecule has 0 fully saturated rings. The molecular formula is C18H19FN2O2S. The Balaban J connectivity index is 1.77. The zero-order valence-corrected chi connectivity index (χ0v) is 14.4. The number of hydrogen-bond donors (Lipinski definition) is 2. The molecule has 0 bridgehead atoms. The van der Waals surface area contributed by atoms with Gasteiger partial charge in [0.25, 0.3) is 0 Å². The van der Waals surface area contributed by atoms with Gasteiger partial charge in [0.05, 0.1) is 12.3 Å². The maximum Gasteiger partial charge on any atom is 0.243 e. The number of aryl methyl sites for hydroxylation is 2. The molecule has 0 spiro atoms. The Morgan fingerprint density at radius 1 is 1.00 bits per heavy atom. The van der Waals surface area contributed by atoms with Crippen LogP contribution in [-0.4, -0.2) is 24.1 Å². The van der Waals surface area contributed by atoms with E-state index in [0.717, 1.165) is 21.7 Å². The molecule has 0 atom stereocenters. The standard InChI is InChI=1S/C18H19FN2O2S/c1-12-4-3-5-13(2)18(12)21-16(22)10-20-17(23)11-24-15-8-6-14(19)7-9-15/h3-9H,10-11H2,1-2H3,(H,20,23)(H,21,22). The van der Waals surface area contributed by atoms with Crippen molar-refractivity contribution >= 4 is 29.3 Å². The van der Waals surface area contributed by atoms with Crippen molar-refractivity contribution in [2.45, 2.75) is 18.7 Å². The Morgan fingerprint density at radius 3 is 2.25 bits per heavy atom. The highest BCUT2D eigenvalue weighted by Gasteiger charge is 2.09. The summed E-state index contributed by atoms with van der Waals surface area (Å²) in [5.74, 6) is -0.664. The van der Waals surface area contributed by atoms with Crippen LogP contribution in [0.2, 0.25) is 0 Å². The smallest absolute Gasteiger partial charge is 0.243 e. The summed E-state index contributed by atoms with van der Waals surface area (Å²) in [6.45, 7) is 3.75. The number of amides is 2. The van der Waals surface area contributed by atoms with Crippen molar-refractivity contribution in [3.05, 3.63) is 59.4 Å². The third-order valence-electron chi connectivity index (χ3n) is 3.38. The van der Waals surface area contributed by atoms with Gasteiger partial charge < -0.3 is 10.6 Å². The Bertz CT molecular complexity index is 712. The number of para-hydroxylation sites is 1. The summed E-state index contributed by atoms with van der Waals surface area (Å²) in [7, 11) is 0. The third kappa shape index (κ3) is 5.38. The van der Waals surface area contributed by atoms with Gasteiger partial charge in [-0.2, -0.15) is 0 Å². The largest absolute Gasteiger partial charge is 0.346 e. The van der Waals surface area contributed by atoms with Crippen molar-refractivity contribution in [3.8, 4) is 0 Å². The first-order valence-corrected chi connectivity index (χ1v) is 8.45. The van der Waals surface area contributed by atoms with Crippen LogP contribution in [0.25, 0.3) is 0 Å². The molecule has 126 valence electrons. The zero-order valence-electron chi connectivity index (χ0n) is 13.6. The molecule has 2 aromatic carbocycles. The van der Waals surface area contributed by atoms with Gasteiger partial charge in [0.2, 0.25) is 11.8 Å². The maximum atomic E-state index is 12.8. The number of anilines is 1. The molecule has 0 aliphatic rings. The minimum absolute atomic E-state index is 0.0867. The van der Waals surface area contributed by atoms with Gasteiger partial charge in [0.15, 0.2) is 0 Å². The summed E-state index contributed by atoms with van der Waals surface area (Å²) in [5.41, 5.74) is 2.72. The molecule has 0 radical (unpaired) electrons. The van der Waals surface area contributed by atoms with E-state index in [2.05, 4.69) is 10.6 Å². The molecule has 0 saturated heterocycles. The van der Waals surface area contributed by atoms with Crippen molar-refractivity contribution in [1.82, 2.24) is 5.32 Å². The lowest BCUT2D eigenvalue weighted by Gasteiger charge is -2.12. The summed E-state index contributed by atoms with van der Waals surface area (Å²) in [4.78, 5) is 24.5. The predicted octanol–water partition coefficient (Wildman–Crippen LogP) is 3.29. The second-order valence-corrected chi connectivity index (χ2v) is 6.38. The fourth-order valence-electron chi connectivity index (χ4n) is 2.10. The quantitative estimate of drug-likeness (QED) is 0.789. The number of carbonyl (C=O) groups excluding carboxylic acids is 2. The van der Waals surface area contributed by atoms with Crippen LogP contribution in [-0.2, 0) is 9.59 Å². The van der Waals surface area contributed by atoms with Crippen molar-refractivity contribution in [2.24, 2.45) is 0 Å². The minimum Gasteiger partial charge on any atom is -0.346 e. The number of rotatable bonds is 6. The van der Waals surface area contributed by atoms with Gasteiger partial charge in [-0.05, 0) is 49.2 Å². The Morgan fingerprint density at radius 2 is 1.62 bits per heavy atom. The van der Waals surface area contributed by atoms with E-state index in [9.17, 15) is 14.0 Å². The van der Waals surface area contributed by atoms with E-state index in [1.165, 1.54) is 23.9 Å². The molecule has 0 aliphatic carbocycles. The van der Waals surface area contributed by atoms with Crippen molar-refractivity contribution < 1.29 is 14.0 Å². The highest BCUT2D eigenvalue weighted by Crippen LogP contribution is 2.19. The number of hydrogen-bond acceptors (Lipinski definition) is 3. The van der Waals surface area contributed by atoms with Gasteiger partial charge in [-0.3, -0.25) is 9.59 Å². The first-order valence-electron chi connectivity index (χ1n) is 7.47. The SMILES string of the molecule is Cc1cccc(C)c1NC(=O)CNC(=O)CSc1ccc(F)cc1. The maximum absolute atomic E-state index is 12.8. The van der Waals surface area contributed by atoms with Crippen LogP contribution in [0, 0.1) is 19.7 Å². The average Bonchev–Trinajstić information content (AvgIpc) is 2.56. The molecule has 2 rings (SSSR count). The summed E-state index contributed by atoms with van der Waals surface area (Å²) in [5, 5.41) is 5.39. The summed E-state index contributed by atoms with van der Waals surface area (Å²) in [6.07, 6.45) is 0. The van der Waals surface area contributed by atoms with E-state index in [4.69, 9.17) is 0 Å². The van der Waals surface area contributed by atoms with Gasteiger partial charge in [-0.1, -0.05) is 18.2 Å². The van der Waals surface area contributed by atoms with Crippen LogP contribution >= 0.6 is 11.8 Å². The summed E-state index contributed by atoms with van der Waals surface area (Å²) in [6, 6.07) is 11.7. The first-order chi connectivity index (χ1) is 11.5. The Labute approximate surface area is 144 Å². The van der Waals surface area contributed by atoms with E-state index >= 15 is 0 Å². The second-order valence-electron chi connectivity index (χ2n) is 5.33. The fraction of sp³-hybridized carbons (Fsp3) is 0.222. The van der Waals surface area contributed by atoms with E-state index in [-0.39, 0.29) is 29.9 Å². The number of halogens is 1. The molecule has 2 N–H and O–H groups in total. The van der Waals surface area contributed by atoms with Crippen LogP contribution in [0.3, 0.4) is 0 Å². The molecule has 2 aromatic rings. The lowest BCUT2D eigenvalue weighted by Crippen LogP contribution is -2.34. The molecule has 0 unspecified atom stereocenters. The molecule has 24 heavy (non-hydrogen) atoms. The number of thioether (sulfide) groups is 1. The van der Waals surface area contributed by atoms with E-state index in [1.807, 2.05) is 32.0 Å². The Kier molecular flexibility index (Phi) is 6.37. The van der Waals surface area contributed by atoms with E-state index in [1.54, 1.807) is 12.1 Å². The highest BCUT2D eigenvalue weighted by molar-refractivity contribution is 8.00. The first kappa shape index (κ1) is 18.0. The zero-order chi connectivity index (χ0) is 17.5. The van der Waals surface area contributed by atoms with E-state index in [0.29, 0.717) is 0 Å². The third-order valence-corrected chi connectivity index (χ3v) is 4.39. The fourth-order valence-corrected chi connectivity index (χ4v) is 2.83. The van der Waals surface area contributed by atoms with Gasteiger partial charge in [0, 0.05) is 10.6 Å². The van der Waals surface area contributed by atoms with Crippen LogP contribution in [0.4, 0.5) is 10.1 Å². The molecule has 0 aromatic heterocycles. The van der Waals surface area contributed by atoms with Crippen molar-refractivity contribution in [1.29, 1.82) is 0 Å². The molecular weight excluding hydrogens is 327 g/mol. The summed E-state index contributed by atoms with van der Waals surface area (Å²) < 4.78 is 12.8. The minimum atomic E-state index is -0.313. The molecule has 0 aliphatic heterocycles. The van der Waals surface area contributed by atoms with Crippen molar-refractivity contribution in [3.63, 3.8) is 0 Å². The highest BCUT2D eigenvalue weighted by atomic mass is 32.2. The lowest BCUT2D eigenvalue weighted by atomic mass is 10.1. The monoisotopic (exact) mass is 346 g/mol. The normalized spacial score (nSPS) is 10.3. The molecule has 4 nitrogen and oxygen atoms in total. The number of nitrogens with one attached hydrogen (secondary N) is 2. The van der Waals surface area contributed by atoms with Crippen LogP contribution in [0.1, 0.15) is 11.1 Å². The van der Waals surface area contributed by atoms with E-state index < -0.39 is 0 Å². The summed E-state index contributed by atoms with van der Waals surface area (Å²) >= 11 is 1.29. The van der Waals surface area contributed by atoms with Crippen molar-refractivity contribution in [2.75, 3.05) is 17.6 Å². The predicted molar refractivity (Wildman–Crippen MR) is 94.7 cm³/mol. The van der Waals surface area contributed by atoms with Crippen LogP contribution < -0.4 is 10.6 Å². The lowest BCUT2D eigenvalue weighted by molar-refractivity contribution is -0.122. The number of carbonyl (C=O) groups is 2. The van der Waals surface area contributed by atoms with Crippen LogP contribution in [0.15, 0.2) is 47.4 Å². The molecule has 2 amide bonds. The van der Waals surface area contributed by atoms with Gasteiger partial charge in [0.1, 0.15) is 5.82 Å². The molecule has 0 saturated carbocycles. The van der Waals surface area contributed by atoms with Gasteiger partial charge in [-0.15, -0.1) is 11.8 Å². The second kappa shape index (κ2) is 8.49. The number of benzene rings is 2. The average molecular weight is 346 g/mol. The van der Waals surface area contributed by atoms with Gasteiger partial charge in [-0.25, -0.2) is 4.39 Å². The Hall–Kier alpha value is -2.34. The molecule has 6 heteroatoms. The van der Waals surface area contributed by atoms with Gasteiger partial charge >= 0.3 is 0 Å². The molecule has 0 heterocycles. The topological polar surface area (TPSA) is 58.2 Å². The van der Waals surface area contributed by atoms with Crippen LogP contribution in [0.5, 0.6) is 0 Å².